The zero-order valence-electron chi connectivity index (χ0n) is 11.1. The molecule has 0 saturated carbocycles. The van der Waals surface area contributed by atoms with Crippen LogP contribution >= 0.6 is 0 Å². The number of aliphatic hydroxyl groups is 1. The number of hydrogen-bond acceptors (Lipinski definition) is 5. The molecule has 1 heterocycles. The summed E-state index contributed by atoms with van der Waals surface area (Å²) in [6.45, 7) is -0.978. The van der Waals surface area contributed by atoms with Crippen LogP contribution in [0.4, 0.5) is 0 Å². The van der Waals surface area contributed by atoms with Crippen LogP contribution < -0.4 is 5.32 Å². The number of aromatic nitrogens is 1. The summed E-state index contributed by atoms with van der Waals surface area (Å²) in [5, 5.41) is 21.2. The number of hydrogen-bond donors (Lipinski definition) is 3. The topological polar surface area (TPSA) is 109 Å². The number of aliphatic carboxylic acids is 1. The van der Waals surface area contributed by atoms with Crippen molar-refractivity contribution in [1.82, 2.24) is 10.3 Å². The molecule has 2 aromatic rings. The predicted octanol–water partition coefficient (Wildman–Crippen LogP) is 0.516. The van der Waals surface area contributed by atoms with E-state index in [4.69, 9.17) is 14.9 Å². The Morgan fingerprint density at radius 2 is 2.05 bits per heavy atom. The van der Waals surface area contributed by atoms with E-state index in [0.29, 0.717) is 5.56 Å². The van der Waals surface area contributed by atoms with Gasteiger partial charge in [-0.3, -0.25) is 14.6 Å². The normalized spacial score (nSPS) is 10.5. The minimum absolute atomic E-state index is 0.000673. The van der Waals surface area contributed by atoms with Gasteiger partial charge in [-0.05, 0) is 5.39 Å². The number of nitrogens with zero attached hydrogens (tertiary/aromatic N) is 1. The van der Waals surface area contributed by atoms with E-state index in [9.17, 15) is 9.59 Å². The summed E-state index contributed by atoms with van der Waals surface area (Å²) in [6.07, 6.45) is 1.54. The molecule has 2 rings (SSSR count). The molecule has 0 spiro atoms. The van der Waals surface area contributed by atoms with Crippen molar-refractivity contribution in [3.63, 3.8) is 0 Å². The molecule has 110 valence electrons. The first-order valence-corrected chi connectivity index (χ1v) is 6.18. The van der Waals surface area contributed by atoms with E-state index >= 15 is 0 Å². The summed E-state index contributed by atoms with van der Waals surface area (Å²) in [4.78, 5) is 26.6. The van der Waals surface area contributed by atoms with Crippen molar-refractivity contribution in [1.29, 1.82) is 0 Å². The van der Waals surface area contributed by atoms with Gasteiger partial charge in [0.1, 0.15) is 19.0 Å². The first-order chi connectivity index (χ1) is 10.1. The molecule has 21 heavy (non-hydrogen) atoms. The van der Waals surface area contributed by atoms with Gasteiger partial charge >= 0.3 is 5.97 Å². The molecule has 7 heteroatoms. The van der Waals surface area contributed by atoms with E-state index < -0.39 is 25.2 Å². The van der Waals surface area contributed by atoms with Gasteiger partial charge in [0.25, 0.3) is 5.91 Å². The standard InChI is InChI=1S/C14H14N2O5/c17-8-21-7-11-10-4-2-1-3-9(10)5-15-13(11)14(20)16-6-12(18)19/h1-5,17H,6-8H2,(H,16,20)(H,18,19). The number of aliphatic hydroxyl groups excluding tert-OH is 1. The number of carbonyl (C=O) groups is 2. The fraction of sp³-hybridized carbons (Fsp3) is 0.214. The molecule has 0 saturated heterocycles. The number of rotatable bonds is 6. The number of benzene rings is 1. The fourth-order valence-corrected chi connectivity index (χ4v) is 1.95. The summed E-state index contributed by atoms with van der Waals surface area (Å²) in [6, 6.07) is 7.29. The van der Waals surface area contributed by atoms with Crippen molar-refractivity contribution in [3.8, 4) is 0 Å². The Morgan fingerprint density at radius 3 is 2.76 bits per heavy atom. The largest absolute Gasteiger partial charge is 0.480 e. The van der Waals surface area contributed by atoms with Crippen LogP contribution in [0.25, 0.3) is 10.8 Å². The minimum Gasteiger partial charge on any atom is -0.480 e. The third-order valence-corrected chi connectivity index (χ3v) is 2.86. The lowest BCUT2D eigenvalue weighted by Crippen LogP contribution is -2.30. The molecule has 0 aliphatic heterocycles. The third kappa shape index (κ3) is 3.53. The average molecular weight is 290 g/mol. The molecule has 0 atom stereocenters. The molecule has 3 N–H and O–H groups in total. The molecule has 7 nitrogen and oxygen atoms in total. The number of carbonyl (C=O) groups excluding carboxylic acids is 1. The molecule has 0 aliphatic carbocycles. The Morgan fingerprint density at radius 1 is 1.29 bits per heavy atom. The molecule has 0 fully saturated rings. The maximum absolute atomic E-state index is 12.0. The van der Waals surface area contributed by atoms with Crippen LogP contribution in [0.2, 0.25) is 0 Å². The quantitative estimate of drug-likeness (QED) is 0.669. The zero-order chi connectivity index (χ0) is 15.2. The van der Waals surface area contributed by atoms with E-state index in [1.54, 1.807) is 6.07 Å². The highest BCUT2D eigenvalue weighted by atomic mass is 16.6. The lowest BCUT2D eigenvalue weighted by atomic mass is 10.0. The summed E-state index contributed by atoms with van der Waals surface area (Å²) in [7, 11) is 0. The molecule has 1 aromatic heterocycles. The molecule has 1 aromatic carbocycles. The third-order valence-electron chi connectivity index (χ3n) is 2.86. The van der Waals surface area contributed by atoms with Gasteiger partial charge in [0.15, 0.2) is 0 Å². The highest BCUT2D eigenvalue weighted by Crippen LogP contribution is 2.21. The number of ether oxygens (including phenoxy) is 1. The number of nitrogens with one attached hydrogen (secondary N) is 1. The summed E-state index contributed by atoms with van der Waals surface area (Å²) >= 11 is 0. The Balaban J connectivity index is 2.41. The van der Waals surface area contributed by atoms with Gasteiger partial charge in [-0.25, -0.2) is 0 Å². The van der Waals surface area contributed by atoms with Crippen LogP contribution in [-0.4, -0.2) is 40.4 Å². The minimum atomic E-state index is -1.14. The zero-order valence-corrected chi connectivity index (χ0v) is 11.1. The maximum Gasteiger partial charge on any atom is 0.322 e. The van der Waals surface area contributed by atoms with Crippen molar-refractivity contribution in [2.24, 2.45) is 0 Å². The van der Waals surface area contributed by atoms with Crippen LogP contribution in [0.1, 0.15) is 16.1 Å². The van der Waals surface area contributed by atoms with Gasteiger partial charge in [-0.1, -0.05) is 24.3 Å². The SMILES string of the molecule is O=C(O)CNC(=O)c1ncc2ccccc2c1COCO. The van der Waals surface area contributed by atoms with Gasteiger partial charge in [0.2, 0.25) is 0 Å². The Hall–Kier alpha value is -2.51. The molecular formula is C14H14N2O5. The number of pyridine rings is 1. The Labute approximate surface area is 120 Å². The maximum atomic E-state index is 12.0. The van der Waals surface area contributed by atoms with Gasteiger partial charge in [0.05, 0.1) is 6.61 Å². The van der Waals surface area contributed by atoms with Gasteiger partial charge < -0.3 is 20.3 Å². The van der Waals surface area contributed by atoms with Gasteiger partial charge in [-0.2, -0.15) is 0 Å². The van der Waals surface area contributed by atoms with E-state index in [-0.39, 0.29) is 12.3 Å². The second-order valence-corrected chi connectivity index (χ2v) is 4.23. The molecule has 0 aliphatic rings. The second kappa shape index (κ2) is 6.78. The van der Waals surface area contributed by atoms with Gasteiger partial charge in [-0.15, -0.1) is 0 Å². The number of carboxylic acids is 1. The van der Waals surface area contributed by atoms with E-state index in [1.807, 2.05) is 18.2 Å². The highest BCUT2D eigenvalue weighted by Gasteiger charge is 2.16. The molecule has 0 unspecified atom stereocenters. The summed E-state index contributed by atoms with van der Waals surface area (Å²) < 4.78 is 4.96. The Bertz CT molecular complexity index is 671. The average Bonchev–Trinajstić information content (AvgIpc) is 2.50. The van der Waals surface area contributed by atoms with E-state index in [1.165, 1.54) is 6.20 Å². The van der Waals surface area contributed by atoms with Crippen LogP contribution in [0.3, 0.4) is 0 Å². The molecule has 0 radical (unpaired) electrons. The number of carboxylic acid groups (broad SMARTS) is 1. The molecular weight excluding hydrogens is 276 g/mol. The summed E-state index contributed by atoms with van der Waals surface area (Å²) in [5.41, 5.74) is 0.591. The predicted molar refractivity (Wildman–Crippen MR) is 73.6 cm³/mol. The van der Waals surface area contributed by atoms with Crippen LogP contribution in [0.5, 0.6) is 0 Å². The van der Waals surface area contributed by atoms with E-state index in [0.717, 1.165) is 10.8 Å². The van der Waals surface area contributed by atoms with Gasteiger partial charge in [0, 0.05) is 17.1 Å². The Kier molecular flexibility index (Phi) is 4.81. The number of fused-ring (bicyclic) bond motifs is 1. The lowest BCUT2D eigenvalue weighted by Gasteiger charge is -2.11. The van der Waals surface area contributed by atoms with Crippen LogP contribution in [0.15, 0.2) is 30.5 Å². The fourth-order valence-electron chi connectivity index (χ4n) is 1.95. The van der Waals surface area contributed by atoms with Crippen molar-refractivity contribution in [3.05, 3.63) is 41.7 Å². The lowest BCUT2D eigenvalue weighted by molar-refractivity contribution is -0.135. The second-order valence-electron chi connectivity index (χ2n) is 4.23. The first-order valence-electron chi connectivity index (χ1n) is 6.18. The van der Waals surface area contributed by atoms with Crippen molar-refractivity contribution < 1.29 is 24.5 Å². The highest BCUT2D eigenvalue weighted by molar-refractivity contribution is 6.00. The molecule has 0 bridgehead atoms. The van der Waals surface area contributed by atoms with Crippen LogP contribution in [-0.2, 0) is 16.1 Å². The van der Waals surface area contributed by atoms with E-state index in [2.05, 4.69) is 10.3 Å². The van der Waals surface area contributed by atoms with Crippen molar-refractivity contribution in [2.75, 3.05) is 13.3 Å². The smallest absolute Gasteiger partial charge is 0.322 e. The van der Waals surface area contributed by atoms with Crippen molar-refractivity contribution >= 4 is 22.6 Å². The molecule has 1 amide bonds. The first kappa shape index (κ1) is 14.9. The summed E-state index contributed by atoms with van der Waals surface area (Å²) in [5.74, 6) is -1.74. The number of amides is 1. The monoisotopic (exact) mass is 290 g/mol. The van der Waals surface area contributed by atoms with Crippen molar-refractivity contribution in [2.45, 2.75) is 6.61 Å². The van der Waals surface area contributed by atoms with Crippen LogP contribution in [0, 0.1) is 0 Å².